The zero-order valence-electron chi connectivity index (χ0n) is 11.4. The van der Waals surface area contributed by atoms with E-state index in [1.165, 1.54) is 0 Å². The summed E-state index contributed by atoms with van der Waals surface area (Å²) >= 11 is 3.45. The van der Waals surface area contributed by atoms with E-state index in [-0.39, 0.29) is 11.9 Å². The number of hydrogen-bond acceptors (Lipinski definition) is 3. The van der Waals surface area contributed by atoms with Gasteiger partial charge >= 0.3 is 0 Å². The fraction of sp³-hybridized carbons (Fsp3) is 0.500. The van der Waals surface area contributed by atoms with Crippen LogP contribution in [0.5, 0.6) is 0 Å². The van der Waals surface area contributed by atoms with Crippen molar-refractivity contribution in [1.29, 1.82) is 0 Å². The Morgan fingerprint density at radius 2 is 2.21 bits per heavy atom. The van der Waals surface area contributed by atoms with Gasteiger partial charge in [-0.05, 0) is 37.6 Å². The number of benzene rings is 1. The van der Waals surface area contributed by atoms with Crippen molar-refractivity contribution in [1.82, 2.24) is 5.32 Å². The normalized spacial score (nSPS) is 19.0. The first kappa shape index (κ1) is 14.3. The van der Waals surface area contributed by atoms with E-state index in [0.717, 1.165) is 41.7 Å². The third-order valence-electron chi connectivity index (χ3n) is 3.33. The first-order valence-electron chi connectivity index (χ1n) is 6.59. The van der Waals surface area contributed by atoms with E-state index in [0.29, 0.717) is 0 Å². The molecule has 0 bridgehead atoms. The molecule has 1 saturated heterocycles. The van der Waals surface area contributed by atoms with Gasteiger partial charge < -0.3 is 15.5 Å². The van der Waals surface area contributed by atoms with Crippen LogP contribution in [0, 0.1) is 0 Å². The van der Waals surface area contributed by atoms with E-state index in [4.69, 9.17) is 0 Å². The average Bonchev–Trinajstić information content (AvgIpc) is 2.39. The lowest BCUT2D eigenvalue weighted by Crippen LogP contribution is -2.43. The third-order valence-corrected chi connectivity index (χ3v) is 3.82. The molecular weight excluding hydrogens is 306 g/mol. The molecule has 1 amide bonds. The Bertz CT molecular complexity index is 456. The average molecular weight is 326 g/mol. The molecule has 1 aliphatic rings. The van der Waals surface area contributed by atoms with Crippen molar-refractivity contribution in [3.05, 3.63) is 22.7 Å². The van der Waals surface area contributed by atoms with Crippen molar-refractivity contribution in [3.8, 4) is 0 Å². The predicted octanol–water partition coefficient (Wildman–Crippen LogP) is 2.60. The molecule has 1 aromatic carbocycles. The topological polar surface area (TPSA) is 44.4 Å². The van der Waals surface area contributed by atoms with Crippen LogP contribution >= 0.6 is 15.9 Å². The van der Waals surface area contributed by atoms with Gasteiger partial charge in [-0.1, -0.05) is 22.4 Å². The molecule has 19 heavy (non-hydrogen) atoms. The van der Waals surface area contributed by atoms with Crippen LogP contribution in [0.1, 0.15) is 19.3 Å². The Labute approximate surface area is 122 Å². The number of anilines is 2. The molecule has 104 valence electrons. The minimum Gasteiger partial charge on any atom is -0.376 e. The SMILES string of the molecule is CN(C)c1ccc(Br)cc1NC(=O)[C@H]1CCCCN1. The molecule has 0 aliphatic carbocycles. The number of nitrogens with one attached hydrogen (secondary N) is 2. The lowest BCUT2D eigenvalue weighted by atomic mass is 10.0. The zero-order chi connectivity index (χ0) is 13.8. The molecule has 0 unspecified atom stereocenters. The highest BCUT2D eigenvalue weighted by Gasteiger charge is 2.21. The van der Waals surface area contributed by atoms with Crippen LogP contribution in [0.25, 0.3) is 0 Å². The number of halogens is 1. The highest BCUT2D eigenvalue weighted by Crippen LogP contribution is 2.28. The third kappa shape index (κ3) is 3.70. The molecule has 0 saturated carbocycles. The molecule has 5 heteroatoms. The minimum absolute atomic E-state index is 0.0564. The summed E-state index contributed by atoms with van der Waals surface area (Å²) in [7, 11) is 3.94. The maximum atomic E-state index is 12.2. The standard InChI is InChI=1S/C14H20BrN3O/c1-18(2)13-7-6-10(15)9-12(13)17-14(19)11-5-3-4-8-16-11/h6-7,9,11,16H,3-5,8H2,1-2H3,(H,17,19)/t11-/m1/s1. The van der Waals surface area contributed by atoms with Gasteiger partial charge in [-0.15, -0.1) is 0 Å². The number of hydrogen-bond donors (Lipinski definition) is 2. The van der Waals surface area contributed by atoms with E-state index in [9.17, 15) is 4.79 Å². The van der Waals surface area contributed by atoms with Crippen molar-refractivity contribution >= 4 is 33.2 Å². The van der Waals surface area contributed by atoms with Crippen LogP contribution in [0.4, 0.5) is 11.4 Å². The second kappa shape index (κ2) is 6.39. The molecule has 1 aliphatic heterocycles. The Hall–Kier alpha value is -1.07. The number of carbonyl (C=O) groups excluding carboxylic acids is 1. The Balaban J connectivity index is 2.13. The summed E-state index contributed by atoms with van der Waals surface area (Å²) in [4.78, 5) is 14.2. The number of rotatable bonds is 3. The van der Waals surface area contributed by atoms with Gasteiger partial charge in [-0.2, -0.15) is 0 Å². The molecular formula is C14H20BrN3O. The number of amides is 1. The highest BCUT2D eigenvalue weighted by atomic mass is 79.9. The second-order valence-electron chi connectivity index (χ2n) is 5.05. The van der Waals surface area contributed by atoms with Gasteiger partial charge in [0.05, 0.1) is 17.4 Å². The molecule has 1 heterocycles. The lowest BCUT2D eigenvalue weighted by Gasteiger charge is -2.24. The quantitative estimate of drug-likeness (QED) is 0.897. The van der Waals surface area contributed by atoms with Gasteiger partial charge in [0, 0.05) is 18.6 Å². The fourth-order valence-corrected chi connectivity index (χ4v) is 2.65. The van der Waals surface area contributed by atoms with Gasteiger partial charge in [0.2, 0.25) is 5.91 Å². The summed E-state index contributed by atoms with van der Waals surface area (Å²) < 4.78 is 0.963. The van der Waals surface area contributed by atoms with Crippen LogP contribution < -0.4 is 15.5 Å². The summed E-state index contributed by atoms with van der Waals surface area (Å²) in [5, 5.41) is 6.29. The monoisotopic (exact) mass is 325 g/mol. The van der Waals surface area contributed by atoms with Crippen LogP contribution in [0.3, 0.4) is 0 Å². The predicted molar refractivity (Wildman–Crippen MR) is 82.7 cm³/mol. The minimum atomic E-state index is -0.0669. The van der Waals surface area contributed by atoms with Gasteiger partial charge in [0.1, 0.15) is 0 Å². The van der Waals surface area contributed by atoms with Crippen molar-refractivity contribution in [2.45, 2.75) is 25.3 Å². The van der Waals surface area contributed by atoms with E-state index in [1.807, 2.05) is 37.2 Å². The lowest BCUT2D eigenvalue weighted by molar-refractivity contribution is -0.118. The van der Waals surface area contributed by atoms with E-state index in [1.54, 1.807) is 0 Å². The molecule has 1 fully saturated rings. The van der Waals surface area contributed by atoms with Gasteiger partial charge in [0.15, 0.2) is 0 Å². The maximum Gasteiger partial charge on any atom is 0.241 e. The maximum absolute atomic E-state index is 12.2. The molecule has 2 N–H and O–H groups in total. The smallest absolute Gasteiger partial charge is 0.241 e. The molecule has 0 spiro atoms. The van der Waals surface area contributed by atoms with Gasteiger partial charge in [-0.25, -0.2) is 0 Å². The van der Waals surface area contributed by atoms with Crippen LogP contribution in [-0.4, -0.2) is 32.6 Å². The highest BCUT2D eigenvalue weighted by molar-refractivity contribution is 9.10. The summed E-state index contributed by atoms with van der Waals surface area (Å²) in [5.41, 5.74) is 1.85. The fourth-order valence-electron chi connectivity index (χ4n) is 2.29. The molecule has 4 nitrogen and oxygen atoms in total. The molecule has 0 aromatic heterocycles. The zero-order valence-corrected chi connectivity index (χ0v) is 13.0. The van der Waals surface area contributed by atoms with Crippen LogP contribution in [0.2, 0.25) is 0 Å². The largest absolute Gasteiger partial charge is 0.376 e. The Morgan fingerprint density at radius 3 is 2.84 bits per heavy atom. The molecule has 2 rings (SSSR count). The molecule has 0 radical (unpaired) electrons. The van der Waals surface area contributed by atoms with Gasteiger partial charge in [-0.3, -0.25) is 4.79 Å². The molecule has 1 atom stereocenters. The summed E-state index contributed by atoms with van der Waals surface area (Å²) in [6.07, 6.45) is 3.19. The van der Waals surface area contributed by atoms with Crippen molar-refractivity contribution in [3.63, 3.8) is 0 Å². The van der Waals surface area contributed by atoms with Gasteiger partial charge in [0.25, 0.3) is 0 Å². The summed E-state index contributed by atoms with van der Waals surface area (Å²) in [6, 6.07) is 5.84. The van der Waals surface area contributed by atoms with E-state index < -0.39 is 0 Å². The number of carbonyl (C=O) groups is 1. The number of piperidine rings is 1. The van der Waals surface area contributed by atoms with Crippen LogP contribution in [0.15, 0.2) is 22.7 Å². The van der Waals surface area contributed by atoms with Crippen molar-refractivity contribution in [2.24, 2.45) is 0 Å². The first-order valence-corrected chi connectivity index (χ1v) is 7.38. The second-order valence-corrected chi connectivity index (χ2v) is 5.96. The Kier molecular flexibility index (Phi) is 4.82. The summed E-state index contributed by atoms with van der Waals surface area (Å²) in [6.45, 7) is 0.928. The van der Waals surface area contributed by atoms with Crippen LogP contribution in [-0.2, 0) is 4.79 Å². The van der Waals surface area contributed by atoms with Crippen molar-refractivity contribution < 1.29 is 4.79 Å². The number of nitrogens with zero attached hydrogens (tertiary/aromatic N) is 1. The summed E-state index contributed by atoms with van der Waals surface area (Å²) in [5.74, 6) is 0.0564. The molecule has 1 aromatic rings. The van der Waals surface area contributed by atoms with E-state index in [2.05, 4.69) is 26.6 Å². The van der Waals surface area contributed by atoms with Crippen molar-refractivity contribution in [2.75, 3.05) is 30.9 Å². The first-order chi connectivity index (χ1) is 9.08. The Morgan fingerprint density at radius 1 is 1.42 bits per heavy atom. The van der Waals surface area contributed by atoms with E-state index >= 15 is 0 Å².